The summed E-state index contributed by atoms with van der Waals surface area (Å²) in [6, 6.07) is 3.92. The summed E-state index contributed by atoms with van der Waals surface area (Å²) in [5.41, 5.74) is 7.85. The van der Waals surface area contributed by atoms with Gasteiger partial charge in [-0.1, -0.05) is 19.0 Å². The van der Waals surface area contributed by atoms with E-state index in [1.54, 1.807) is 0 Å². The van der Waals surface area contributed by atoms with Gasteiger partial charge in [-0.15, -0.1) is 0 Å². The quantitative estimate of drug-likeness (QED) is 0.841. The van der Waals surface area contributed by atoms with E-state index in [4.69, 9.17) is 15.0 Å². The second-order valence-corrected chi connectivity index (χ2v) is 5.02. The maximum Gasteiger partial charge on any atom is 0.226 e. The average Bonchev–Trinajstić information content (AvgIpc) is 2.94. The molecule has 0 saturated carbocycles. The molecule has 2 rings (SSSR count). The lowest BCUT2D eigenvalue weighted by Crippen LogP contribution is -2.22. The Morgan fingerprint density at radius 1 is 1.29 bits per heavy atom. The first-order valence-corrected chi connectivity index (χ1v) is 7.28. The van der Waals surface area contributed by atoms with E-state index in [9.17, 15) is 0 Å². The van der Waals surface area contributed by atoms with Gasteiger partial charge in [-0.3, -0.25) is 4.98 Å². The molecule has 2 aromatic rings. The van der Waals surface area contributed by atoms with Crippen LogP contribution in [0.3, 0.4) is 0 Å². The van der Waals surface area contributed by atoms with Crippen LogP contribution in [-0.4, -0.2) is 21.2 Å². The summed E-state index contributed by atoms with van der Waals surface area (Å²) in [7, 11) is 0. The Labute approximate surface area is 124 Å². The number of nitrogens with zero attached hydrogens (tertiary/aromatic N) is 3. The van der Waals surface area contributed by atoms with E-state index in [1.165, 1.54) is 0 Å². The Morgan fingerprint density at radius 3 is 2.76 bits per heavy atom. The molecule has 0 aliphatic heterocycles. The number of aryl methyl sites for hydroxylation is 2. The monoisotopic (exact) mass is 290 g/mol. The van der Waals surface area contributed by atoms with Crippen LogP contribution in [0.15, 0.2) is 16.7 Å². The summed E-state index contributed by atoms with van der Waals surface area (Å²) in [5.74, 6) is 1.88. The van der Waals surface area contributed by atoms with Crippen molar-refractivity contribution in [2.45, 2.75) is 52.7 Å². The summed E-state index contributed by atoms with van der Waals surface area (Å²) in [4.78, 5) is 8.75. The van der Waals surface area contributed by atoms with Crippen LogP contribution in [0, 0.1) is 6.92 Å². The second-order valence-electron chi connectivity index (χ2n) is 5.02. The number of nitrogens with two attached hydrogens (primary N) is 1. The Kier molecular flexibility index (Phi) is 5.27. The highest BCUT2D eigenvalue weighted by molar-refractivity contribution is 5.30. The summed E-state index contributed by atoms with van der Waals surface area (Å²) in [6.07, 6.45) is 2.31. The lowest BCUT2D eigenvalue weighted by Gasteiger charge is -2.13. The van der Waals surface area contributed by atoms with Crippen LogP contribution in [0.1, 0.15) is 43.4 Å². The van der Waals surface area contributed by atoms with Crippen molar-refractivity contribution >= 4 is 0 Å². The molecule has 0 radical (unpaired) electrons. The zero-order valence-corrected chi connectivity index (χ0v) is 12.8. The van der Waals surface area contributed by atoms with Gasteiger partial charge in [-0.05, 0) is 25.5 Å². The number of rotatable bonds is 7. The van der Waals surface area contributed by atoms with Crippen LogP contribution in [0.25, 0.3) is 0 Å². The van der Waals surface area contributed by atoms with E-state index in [2.05, 4.69) is 22.0 Å². The molecular formula is C15H22N4O2. The molecule has 0 bridgehead atoms. The first kappa shape index (κ1) is 15.4. The minimum absolute atomic E-state index is 0.0820. The summed E-state index contributed by atoms with van der Waals surface area (Å²) in [6.45, 7) is 6.25. The van der Waals surface area contributed by atoms with Crippen molar-refractivity contribution in [3.63, 3.8) is 0 Å². The topological polar surface area (TPSA) is 87.1 Å². The molecule has 0 amide bonds. The smallest absolute Gasteiger partial charge is 0.226 e. The number of hydrogen-bond donors (Lipinski definition) is 1. The summed E-state index contributed by atoms with van der Waals surface area (Å²) in [5, 5.41) is 3.87. The van der Waals surface area contributed by atoms with Gasteiger partial charge >= 0.3 is 0 Å². The molecule has 6 heteroatoms. The predicted octanol–water partition coefficient (Wildman–Crippen LogP) is 2.19. The van der Waals surface area contributed by atoms with Gasteiger partial charge in [-0.2, -0.15) is 4.98 Å². The van der Waals surface area contributed by atoms with Crippen molar-refractivity contribution in [1.82, 2.24) is 15.1 Å². The lowest BCUT2D eigenvalue weighted by molar-refractivity contribution is 0.280. The third-order valence-electron chi connectivity index (χ3n) is 3.22. The van der Waals surface area contributed by atoms with E-state index in [1.807, 2.05) is 26.0 Å². The van der Waals surface area contributed by atoms with Crippen molar-refractivity contribution in [2.24, 2.45) is 5.73 Å². The van der Waals surface area contributed by atoms with E-state index >= 15 is 0 Å². The second kappa shape index (κ2) is 7.17. The molecular weight excluding hydrogens is 268 g/mol. The third-order valence-corrected chi connectivity index (χ3v) is 3.22. The average molecular weight is 290 g/mol. The molecule has 0 saturated heterocycles. The fourth-order valence-corrected chi connectivity index (χ4v) is 1.90. The van der Waals surface area contributed by atoms with Gasteiger partial charge in [0.05, 0.1) is 5.69 Å². The lowest BCUT2D eigenvalue weighted by atomic mass is 10.1. The largest absolute Gasteiger partial charge is 0.484 e. The minimum atomic E-state index is 0.0820. The van der Waals surface area contributed by atoms with Crippen LogP contribution in [0.5, 0.6) is 5.75 Å². The fraction of sp³-hybridized carbons (Fsp3) is 0.533. The summed E-state index contributed by atoms with van der Waals surface area (Å²) < 4.78 is 10.8. The Morgan fingerprint density at radius 2 is 2.10 bits per heavy atom. The van der Waals surface area contributed by atoms with E-state index < -0.39 is 0 Å². The Bertz CT molecular complexity index is 583. The SMILES string of the molecule is CCc1nc(COc2ccc(C)nc2CC(N)CC)no1. The first-order valence-electron chi connectivity index (χ1n) is 7.28. The maximum absolute atomic E-state index is 6.02. The van der Waals surface area contributed by atoms with E-state index in [-0.39, 0.29) is 12.6 Å². The standard InChI is InChI=1S/C15H22N4O2/c1-4-11(16)8-12-13(7-6-10(3)17-12)20-9-14-18-15(5-2)21-19-14/h6-7,11H,4-5,8-9,16H2,1-3H3. The molecule has 0 spiro atoms. The van der Waals surface area contributed by atoms with Crippen molar-refractivity contribution in [3.05, 3.63) is 35.2 Å². The van der Waals surface area contributed by atoms with Crippen molar-refractivity contribution in [3.8, 4) is 5.75 Å². The fourth-order valence-electron chi connectivity index (χ4n) is 1.90. The van der Waals surface area contributed by atoms with E-state index in [0.717, 1.165) is 30.0 Å². The van der Waals surface area contributed by atoms with Gasteiger partial charge in [0.25, 0.3) is 0 Å². The highest BCUT2D eigenvalue weighted by atomic mass is 16.5. The molecule has 0 aliphatic rings. The van der Waals surface area contributed by atoms with E-state index in [0.29, 0.717) is 18.1 Å². The van der Waals surface area contributed by atoms with Crippen molar-refractivity contribution in [2.75, 3.05) is 0 Å². The van der Waals surface area contributed by atoms with Gasteiger partial charge in [0.15, 0.2) is 6.61 Å². The molecule has 21 heavy (non-hydrogen) atoms. The maximum atomic E-state index is 6.02. The number of hydrogen-bond acceptors (Lipinski definition) is 6. The van der Waals surface area contributed by atoms with Gasteiger partial charge in [-0.25, -0.2) is 0 Å². The Balaban J connectivity index is 2.07. The Hall–Kier alpha value is -1.95. The highest BCUT2D eigenvalue weighted by Gasteiger charge is 2.12. The molecule has 0 aliphatic carbocycles. The normalized spacial score (nSPS) is 12.4. The van der Waals surface area contributed by atoms with Gasteiger partial charge in [0.1, 0.15) is 5.75 Å². The highest BCUT2D eigenvalue weighted by Crippen LogP contribution is 2.20. The van der Waals surface area contributed by atoms with Gasteiger partial charge in [0.2, 0.25) is 11.7 Å². The molecule has 0 fully saturated rings. The zero-order valence-electron chi connectivity index (χ0n) is 12.8. The molecule has 2 aromatic heterocycles. The molecule has 6 nitrogen and oxygen atoms in total. The molecule has 1 atom stereocenters. The first-order chi connectivity index (χ1) is 10.1. The molecule has 1 unspecified atom stereocenters. The molecule has 0 aromatic carbocycles. The van der Waals surface area contributed by atoms with Crippen LogP contribution in [-0.2, 0) is 19.4 Å². The third kappa shape index (κ3) is 4.26. The van der Waals surface area contributed by atoms with Crippen LogP contribution >= 0.6 is 0 Å². The van der Waals surface area contributed by atoms with Crippen molar-refractivity contribution < 1.29 is 9.26 Å². The summed E-state index contributed by atoms with van der Waals surface area (Å²) >= 11 is 0. The molecule has 114 valence electrons. The van der Waals surface area contributed by atoms with Crippen LogP contribution in [0.2, 0.25) is 0 Å². The van der Waals surface area contributed by atoms with Gasteiger partial charge < -0.3 is 15.0 Å². The minimum Gasteiger partial charge on any atom is -0.484 e. The van der Waals surface area contributed by atoms with Crippen LogP contribution in [0.4, 0.5) is 0 Å². The van der Waals surface area contributed by atoms with Crippen molar-refractivity contribution in [1.29, 1.82) is 0 Å². The van der Waals surface area contributed by atoms with Crippen LogP contribution < -0.4 is 10.5 Å². The predicted molar refractivity (Wildman–Crippen MR) is 79.0 cm³/mol. The zero-order chi connectivity index (χ0) is 15.2. The molecule has 2 heterocycles. The number of aromatic nitrogens is 3. The van der Waals surface area contributed by atoms with Gasteiger partial charge in [0, 0.05) is 24.6 Å². The number of pyridine rings is 1. The molecule has 2 N–H and O–H groups in total. The number of ether oxygens (including phenoxy) is 1.